The van der Waals surface area contributed by atoms with Crippen molar-refractivity contribution in [2.45, 2.75) is 20.8 Å². The van der Waals surface area contributed by atoms with E-state index in [0.717, 1.165) is 0 Å². The van der Waals surface area contributed by atoms with Gasteiger partial charge in [0.2, 0.25) is 11.8 Å². The number of carbonyl (C=O) groups is 2. The average Bonchev–Trinajstić information content (AvgIpc) is 2.29. The van der Waals surface area contributed by atoms with Gasteiger partial charge in [0.1, 0.15) is 0 Å². The number of rotatable bonds is 7. The predicted octanol–water partition coefficient (Wildman–Crippen LogP) is -0.0773. The Balaban J connectivity index is 3.81. The highest BCUT2D eigenvalue weighted by molar-refractivity contribution is 5.81. The molecule has 0 aliphatic heterocycles. The summed E-state index contributed by atoms with van der Waals surface area (Å²) >= 11 is 0. The van der Waals surface area contributed by atoms with E-state index < -0.39 is 0 Å². The first-order chi connectivity index (χ1) is 7.56. The van der Waals surface area contributed by atoms with E-state index in [9.17, 15) is 9.59 Å². The van der Waals surface area contributed by atoms with Crippen LogP contribution in [0.15, 0.2) is 0 Å². The molecule has 0 heterocycles. The highest BCUT2D eigenvalue weighted by Gasteiger charge is 2.10. The normalized spacial score (nSPS) is 10.0. The summed E-state index contributed by atoms with van der Waals surface area (Å²) in [5, 5.41) is 2.87. The van der Waals surface area contributed by atoms with Gasteiger partial charge in [0.05, 0.1) is 13.1 Å². The minimum atomic E-state index is 0.00912. The third-order valence-corrected chi connectivity index (χ3v) is 2.57. The summed E-state index contributed by atoms with van der Waals surface area (Å²) in [5.41, 5.74) is 0. The van der Waals surface area contributed by atoms with Crippen molar-refractivity contribution < 1.29 is 9.59 Å². The first kappa shape index (κ1) is 14.9. The summed E-state index contributed by atoms with van der Waals surface area (Å²) in [7, 11) is 1.75. The number of nitrogens with zero attached hydrogens (tertiary/aromatic N) is 2. The van der Waals surface area contributed by atoms with Crippen molar-refractivity contribution in [3.05, 3.63) is 0 Å². The van der Waals surface area contributed by atoms with Gasteiger partial charge in [-0.15, -0.1) is 0 Å². The molecule has 5 nitrogen and oxygen atoms in total. The molecule has 0 unspecified atom stereocenters. The largest absolute Gasteiger partial charge is 0.345 e. The van der Waals surface area contributed by atoms with Crippen LogP contribution in [0.4, 0.5) is 0 Å². The average molecular weight is 229 g/mol. The second-order valence-electron chi connectivity index (χ2n) is 3.58. The van der Waals surface area contributed by atoms with Gasteiger partial charge in [0.15, 0.2) is 0 Å². The minimum absolute atomic E-state index is 0.00912. The zero-order valence-electron chi connectivity index (χ0n) is 10.7. The number of nitrogens with one attached hydrogen (secondary N) is 1. The molecule has 94 valence electrons. The van der Waals surface area contributed by atoms with Crippen LogP contribution < -0.4 is 5.32 Å². The lowest BCUT2D eigenvalue weighted by Gasteiger charge is -2.19. The smallest absolute Gasteiger partial charge is 0.236 e. The Bertz CT molecular complexity index is 227. The molecule has 2 amide bonds. The highest BCUT2D eigenvalue weighted by Crippen LogP contribution is 1.87. The monoisotopic (exact) mass is 229 g/mol. The van der Waals surface area contributed by atoms with Crippen molar-refractivity contribution in [2.24, 2.45) is 0 Å². The maximum atomic E-state index is 11.6. The summed E-state index contributed by atoms with van der Waals surface area (Å²) in [5.74, 6) is 0.0480. The fraction of sp³-hybridized carbons (Fsp3) is 0.818. The van der Waals surface area contributed by atoms with Crippen LogP contribution in [-0.2, 0) is 9.59 Å². The van der Waals surface area contributed by atoms with Gasteiger partial charge in [-0.25, -0.2) is 0 Å². The lowest BCUT2D eigenvalue weighted by Crippen LogP contribution is -2.42. The summed E-state index contributed by atoms with van der Waals surface area (Å²) in [6.45, 7) is 8.35. The van der Waals surface area contributed by atoms with Gasteiger partial charge in [0.25, 0.3) is 0 Å². The molecule has 16 heavy (non-hydrogen) atoms. The van der Waals surface area contributed by atoms with Crippen LogP contribution >= 0.6 is 0 Å². The topological polar surface area (TPSA) is 52.7 Å². The third kappa shape index (κ3) is 5.11. The molecule has 0 aliphatic rings. The first-order valence-electron chi connectivity index (χ1n) is 5.79. The Morgan fingerprint density at radius 3 is 1.88 bits per heavy atom. The fourth-order valence-electron chi connectivity index (χ4n) is 1.28. The van der Waals surface area contributed by atoms with Crippen LogP contribution in [0.25, 0.3) is 0 Å². The fourth-order valence-corrected chi connectivity index (χ4v) is 1.28. The molecule has 0 aromatic carbocycles. The summed E-state index contributed by atoms with van der Waals surface area (Å²) < 4.78 is 0. The second-order valence-corrected chi connectivity index (χ2v) is 3.58. The zero-order chi connectivity index (χ0) is 12.6. The molecule has 0 rings (SSSR count). The quantitative estimate of drug-likeness (QED) is 0.664. The molecule has 0 saturated heterocycles. The third-order valence-electron chi connectivity index (χ3n) is 2.57. The molecule has 5 heteroatoms. The van der Waals surface area contributed by atoms with E-state index >= 15 is 0 Å². The van der Waals surface area contributed by atoms with Crippen molar-refractivity contribution in [1.82, 2.24) is 15.1 Å². The van der Waals surface area contributed by atoms with Crippen LogP contribution in [0.5, 0.6) is 0 Å². The maximum absolute atomic E-state index is 11.6. The Kier molecular flexibility index (Phi) is 7.54. The Labute approximate surface area is 97.8 Å². The van der Waals surface area contributed by atoms with Gasteiger partial charge < -0.3 is 9.80 Å². The maximum Gasteiger partial charge on any atom is 0.236 e. The van der Waals surface area contributed by atoms with E-state index in [1.807, 2.05) is 20.8 Å². The van der Waals surface area contributed by atoms with Gasteiger partial charge in [-0.05, 0) is 20.8 Å². The van der Waals surface area contributed by atoms with Crippen LogP contribution in [0.1, 0.15) is 20.8 Å². The molecule has 0 aromatic rings. The molecule has 0 bridgehead atoms. The highest BCUT2D eigenvalue weighted by atomic mass is 16.2. The van der Waals surface area contributed by atoms with Crippen LogP contribution in [0.2, 0.25) is 0 Å². The molecule has 0 radical (unpaired) electrons. The summed E-state index contributed by atoms with van der Waals surface area (Å²) in [6.07, 6.45) is 0. The molecule has 0 saturated carbocycles. The number of likely N-dealkylation sites (N-methyl/N-ethyl adjacent to an activating group) is 2. The van der Waals surface area contributed by atoms with E-state index in [4.69, 9.17) is 0 Å². The van der Waals surface area contributed by atoms with Crippen molar-refractivity contribution in [3.63, 3.8) is 0 Å². The first-order valence-corrected chi connectivity index (χ1v) is 5.79. The van der Waals surface area contributed by atoms with E-state index in [1.165, 1.54) is 0 Å². The summed E-state index contributed by atoms with van der Waals surface area (Å²) in [4.78, 5) is 26.3. The van der Waals surface area contributed by atoms with Crippen LogP contribution in [-0.4, -0.2) is 61.4 Å². The Hall–Kier alpha value is -1.10. The molecule has 0 spiro atoms. The van der Waals surface area contributed by atoms with Gasteiger partial charge in [-0.1, -0.05) is 0 Å². The minimum Gasteiger partial charge on any atom is -0.345 e. The van der Waals surface area contributed by atoms with E-state index in [1.54, 1.807) is 16.8 Å². The molecule has 1 N–H and O–H groups in total. The van der Waals surface area contributed by atoms with Gasteiger partial charge in [0, 0.05) is 26.7 Å². The SMILES string of the molecule is CCN(C)C(=O)CNCC(=O)N(CC)CC. The van der Waals surface area contributed by atoms with Crippen molar-refractivity contribution in [3.8, 4) is 0 Å². The number of hydrogen-bond donors (Lipinski definition) is 1. The van der Waals surface area contributed by atoms with Crippen molar-refractivity contribution >= 4 is 11.8 Å². The zero-order valence-corrected chi connectivity index (χ0v) is 10.7. The molecular weight excluding hydrogens is 206 g/mol. The number of hydrogen-bond acceptors (Lipinski definition) is 3. The lowest BCUT2D eigenvalue weighted by molar-refractivity contribution is -0.130. The van der Waals surface area contributed by atoms with Crippen LogP contribution in [0, 0.1) is 0 Å². The van der Waals surface area contributed by atoms with E-state index in [2.05, 4.69) is 5.32 Å². The molecule has 0 aromatic heterocycles. The van der Waals surface area contributed by atoms with Crippen LogP contribution in [0.3, 0.4) is 0 Å². The molecule has 0 aliphatic carbocycles. The Morgan fingerprint density at radius 2 is 1.44 bits per heavy atom. The second kappa shape index (κ2) is 8.10. The summed E-state index contributed by atoms with van der Waals surface area (Å²) in [6, 6.07) is 0. The molecule has 0 atom stereocenters. The van der Waals surface area contributed by atoms with E-state index in [-0.39, 0.29) is 24.9 Å². The molecule has 0 fully saturated rings. The lowest BCUT2D eigenvalue weighted by atomic mass is 10.4. The van der Waals surface area contributed by atoms with Gasteiger partial charge in [-0.3, -0.25) is 14.9 Å². The van der Waals surface area contributed by atoms with Gasteiger partial charge >= 0.3 is 0 Å². The van der Waals surface area contributed by atoms with Crippen molar-refractivity contribution in [2.75, 3.05) is 39.8 Å². The van der Waals surface area contributed by atoms with Crippen molar-refractivity contribution in [1.29, 1.82) is 0 Å². The predicted molar refractivity (Wildman–Crippen MR) is 64.1 cm³/mol. The standard InChI is InChI=1S/C11H23N3O2/c1-5-13(4)10(15)8-12-9-11(16)14(6-2)7-3/h12H,5-9H2,1-4H3. The molecular formula is C11H23N3O2. The number of carbonyl (C=O) groups excluding carboxylic acids is 2. The van der Waals surface area contributed by atoms with E-state index in [0.29, 0.717) is 19.6 Å². The Morgan fingerprint density at radius 1 is 0.938 bits per heavy atom. The van der Waals surface area contributed by atoms with Gasteiger partial charge in [-0.2, -0.15) is 0 Å². The number of amides is 2.